The summed E-state index contributed by atoms with van der Waals surface area (Å²) in [4.78, 5) is 19.0. The molecule has 0 radical (unpaired) electrons. The van der Waals surface area contributed by atoms with E-state index in [0.29, 0.717) is 12.1 Å². The van der Waals surface area contributed by atoms with Gasteiger partial charge in [-0.3, -0.25) is 9.78 Å². The summed E-state index contributed by atoms with van der Waals surface area (Å²) in [6.45, 7) is 2.47. The molecule has 0 saturated heterocycles. The molecule has 2 aromatic heterocycles. The number of hydrogen-bond acceptors (Lipinski definition) is 3. The molecule has 23 heavy (non-hydrogen) atoms. The van der Waals surface area contributed by atoms with Crippen molar-refractivity contribution in [3.63, 3.8) is 0 Å². The fourth-order valence-corrected chi connectivity index (χ4v) is 2.51. The van der Waals surface area contributed by atoms with Crippen molar-refractivity contribution in [2.45, 2.75) is 19.5 Å². The number of pyridine rings is 1. The third-order valence-electron chi connectivity index (χ3n) is 3.84. The average molecular weight is 306 g/mol. The first-order valence-corrected chi connectivity index (χ1v) is 7.53. The van der Waals surface area contributed by atoms with Gasteiger partial charge in [-0.05, 0) is 30.7 Å². The van der Waals surface area contributed by atoms with Crippen LogP contribution in [0.2, 0.25) is 0 Å². The highest BCUT2D eigenvalue weighted by Crippen LogP contribution is 2.24. The van der Waals surface area contributed by atoms with E-state index < -0.39 is 0 Å². The lowest BCUT2D eigenvalue weighted by Gasteiger charge is -2.29. The zero-order valence-electron chi connectivity index (χ0n) is 12.9. The van der Waals surface area contributed by atoms with Gasteiger partial charge in [-0.25, -0.2) is 0 Å². The van der Waals surface area contributed by atoms with Crippen LogP contribution in [0.4, 0.5) is 0 Å². The lowest BCUT2D eigenvalue weighted by molar-refractivity contribution is 0.0670. The molecule has 3 aromatic rings. The molecule has 0 aliphatic carbocycles. The van der Waals surface area contributed by atoms with Gasteiger partial charge in [0.2, 0.25) is 0 Å². The van der Waals surface area contributed by atoms with Crippen LogP contribution in [-0.2, 0) is 6.54 Å². The zero-order valence-corrected chi connectivity index (χ0v) is 12.9. The third-order valence-corrected chi connectivity index (χ3v) is 3.84. The van der Waals surface area contributed by atoms with Crippen LogP contribution < -0.4 is 0 Å². The van der Waals surface area contributed by atoms with Gasteiger partial charge in [-0.2, -0.15) is 0 Å². The number of hydrogen-bond donors (Lipinski definition) is 0. The van der Waals surface area contributed by atoms with Crippen molar-refractivity contribution in [1.82, 2.24) is 9.88 Å². The third kappa shape index (κ3) is 3.48. The molecule has 0 saturated carbocycles. The molecule has 0 unspecified atom stereocenters. The van der Waals surface area contributed by atoms with E-state index >= 15 is 0 Å². The van der Waals surface area contributed by atoms with E-state index in [1.165, 1.54) is 12.5 Å². The number of amides is 1. The molecule has 0 aliphatic heterocycles. The van der Waals surface area contributed by atoms with Crippen molar-refractivity contribution in [1.29, 1.82) is 0 Å². The molecule has 2 heterocycles. The van der Waals surface area contributed by atoms with E-state index in [1.54, 1.807) is 12.3 Å². The van der Waals surface area contributed by atoms with Crippen LogP contribution in [0.5, 0.6) is 0 Å². The molecule has 0 spiro atoms. The Morgan fingerprint density at radius 1 is 1.13 bits per heavy atom. The standard InChI is InChI=1S/C19H18N2O2/c1-15(16-7-3-2-4-8-16)21(13-18-9-5-6-11-20-18)19(22)17-10-12-23-14-17/h2-12,14-15H,13H2,1H3/t15-/m0/s1. The van der Waals surface area contributed by atoms with Crippen LogP contribution in [-0.4, -0.2) is 15.8 Å². The molecule has 116 valence electrons. The molecular formula is C19H18N2O2. The van der Waals surface area contributed by atoms with Crippen molar-refractivity contribution < 1.29 is 9.21 Å². The molecule has 4 nitrogen and oxygen atoms in total. The Bertz CT molecular complexity index is 740. The number of benzene rings is 1. The Kier molecular flexibility index (Phi) is 4.52. The minimum absolute atomic E-state index is 0.0687. The number of aromatic nitrogens is 1. The van der Waals surface area contributed by atoms with Gasteiger partial charge in [0.1, 0.15) is 6.26 Å². The van der Waals surface area contributed by atoms with Gasteiger partial charge in [0.25, 0.3) is 5.91 Å². The second-order valence-corrected chi connectivity index (χ2v) is 5.35. The minimum atomic E-state index is -0.0689. The molecule has 0 bridgehead atoms. The maximum Gasteiger partial charge on any atom is 0.257 e. The summed E-state index contributed by atoms with van der Waals surface area (Å²) in [6.07, 6.45) is 4.73. The lowest BCUT2D eigenvalue weighted by atomic mass is 10.1. The summed E-state index contributed by atoms with van der Waals surface area (Å²) in [5.74, 6) is -0.0687. The highest BCUT2D eigenvalue weighted by molar-refractivity contribution is 5.94. The number of furan rings is 1. The normalized spacial score (nSPS) is 11.9. The van der Waals surface area contributed by atoms with Crippen molar-refractivity contribution in [3.05, 3.63) is 90.1 Å². The molecule has 0 N–H and O–H groups in total. The zero-order chi connectivity index (χ0) is 16.1. The highest BCUT2D eigenvalue weighted by atomic mass is 16.3. The predicted molar refractivity (Wildman–Crippen MR) is 87.7 cm³/mol. The summed E-state index contributed by atoms with van der Waals surface area (Å²) in [5.41, 5.74) is 2.48. The Morgan fingerprint density at radius 3 is 2.57 bits per heavy atom. The van der Waals surface area contributed by atoms with Gasteiger partial charge in [0.05, 0.1) is 30.1 Å². The maximum absolute atomic E-state index is 12.9. The quantitative estimate of drug-likeness (QED) is 0.713. The van der Waals surface area contributed by atoms with Crippen LogP contribution in [0.3, 0.4) is 0 Å². The first-order valence-electron chi connectivity index (χ1n) is 7.53. The fourth-order valence-electron chi connectivity index (χ4n) is 2.51. The molecule has 1 atom stereocenters. The van der Waals surface area contributed by atoms with E-state index in [2.05, 4.69) is 4.98 Å². The van der Waals surface area contributed by atoms with E-state index in [1.807, 2.05) is 60.4 Å². The van der Waals surface area contributed by atoms with Crippen LogP contribution >= 0.6 is 0 Å². The molecule has 1 amide bonds. The number of carbonyl (C=O) groups is 1. The first-order chi connectivity index (χ1) is 11.3. The van der Waals surface area contributed by atoms with Crippen LogP contribution in [0, 0.1) is 0 Å². The van der Waals surface area contributed by atoms with Crippen molar-refractivity contribution in [2.75, 3.05) is 0 Å². The van der Waals surface area contributed by atoms with E-state index in [-0.39, 0.29) is 11.9 Å². The molecule has 1 aromatic carbocycles. The van der Waals surface area contributed by atoms with Gasteiger partial charge < -0.3 is 9.32 Å². The van der Waals surface area contributed by atoms with E-state index in [9.17, 15) is 4.79 Å². The molecule has 3 rings (SSSR count). The van der Waals surface area contributed by atoms with E-state index in [4.69, 9.17) is 4.42 Å². The van der Waals surface area contributed by atoms with Crippen LogP contribution in [0.1, 0.15) is 34.6 Å². The fraction of sp³-hybridized carbons (Fsp3) is 0.158. The van der Waals surface area contributed by atoms with E-state index in [0.717, 1.165) is 11.3 Å². The Morgan fingerprint density at radius 2 is 1.91 bits per heavy atom. The SMILES string of the molecule is C[C@@H](c1ccccc1)N(Cc1ccccn1)C(=O)c1ccoc1. The first kappa shape index (κ1) is 15.0. The second-order valence-electron chi connectivity index (χ2n) is 5.35. The molecule has 0 aliphatic rings. The Hall–Kier alpha value is -2.88. The van der Waals surface area contributed by atoms with Crippen molar-refractivity contribution in [3.8, 4) is 0 Å². The van der Waals surface area contributed by atoms with Gasteiger partial charge in [-0.1, -0.05) is 36.4 Å². The van der Waals surface area contributed by atoms with Gasteiger partial charge in [0.15, 0.2) is 0 Å². The summed E-state index contributed by atoms with van der Waals surface area (Å²) >= 11 is 0. The summed E-state index contributed by atoms with van der Waals surface area (Å²) in [7, 11) is 0. The van der Waals surface area contributed by atoms with Crippen molar-refractivity contribution in [2.24, 2.45) is 0 Å². The van der Waals surface area contributed by atoms with Gasteiger partial charge in [-0.15, -0.1) is 0 Å². The molecular weight excluding hydrogens is 288 g/mol. The second kappa shape index (κ2) is 6.92. The number of nitrogens with zero attached hydrogens (tertiary/aromatic N) is 2. The highest BCUT2D eigenvalue weighted by Gasteiger charge is 2.24. The largest absolute Gasteiger partial charge is 0.472 e. The van der Waals surface area contributed by atoms with Gasteiger partial charge >= 0.3 is 0 Å². The van der Waals surface area contributed by atoms with Crippen LogP contribution in [0.15, 0.2) is 77.7 Å². The Balaban J connectivity index is 1.91. The molecule has 0 fully saturated rings. The minimum Gasteiger partial charge on any atom is -0.472 e. The van der Waals surface area contributed by atoms with Crippen LogP contribution in [0.25, 0.3) is 0 Å². The predicted octanol–water partition coefficient (Wildman–Crippen LogP) is 4.08. The topological polar surface area (TPSA) is 46.3 Å². The lowest BCUT2D eigenvalue weighted by Crippen LogP contribution is -2.33. The average Bonchev–Trinajstić information content (AvgIpc) is 3.15. The van der Waals surface area contributed by atoms with Gasteiger partial charge in [0, 0.05) is 6.20 Å². The molecule has 4 heteroatoms. The summed E-state index contributed by atoms with van der Waals surface area (Å²) in [5, 5.41) is 0. The smallest absolute Gasteiger partial charge is 0.257 e. The Labute approximate surface area is 135 Å². The maximum atomic E-state index is 12.9. The van der Waals surface area contributed by atoms with Crippen molar-refractivity contribution >= 4 is 5.91 Å². The number of rotatable bonds is 5. The monoisotopic (exact) mass is 306 g/mol. The summed E-state index contributed by atoms with van der Waals surface area (Å²) < 4.78 is 5.06. The number of carbonyl (C=O) groups excluding carboxylic acids is 1. The summed E-state index contributed by atoms with van der Waals surface area (Å²) in [6, 6.07) is 17.3.